The van der Waals surface area contributed by atoms with E-state index >= 15 is 0 Å². The Labute approximate surface area is 76.7 Å². The van der Waals surface area contributed by atoms with Crippen LogP contribution in [0.1, 0.15) is 0 Å². The molecule has 1 amide bonds. The van der Waals surface area contributed by atoms with Gasteiger partial charge in [0.05, 0.1) is 0 Å². The highest BCUT2D eigenvalue weighted by atomic mass is 32.1. The maximum absolute atomic E-state index is 10.8. The van der Waals surface area contributed by atoms with Crippen LogP contribution in [-0.2, 0) is 4.79 Å². The van der Waals surface area contributed by atoms with Crippen LogP contribution in [0.2, 0.25) is 0 Å². The van der Waals surface area contributed by atoms with Crippen molar-refractivity contribution in [2.45, 2.75) is 4.90 Å². The van der Waals surface area contributed by atoms with Crippen LogP contribution >= 0.6 is 12.6 Å². The Balaban J connectivity index is 2.76. The second-order valence-electron chi connectivity index (χ2n) is 2.24. The van der Waals surface area contributed by atoms with Gasteiger partial charge >= 0.3 is 0 Å². The van der Waals surface area contributed by atoms with Crippen molar-refractivity contribution in [1.82, 2.24) is 0 Å². The van der Waals surface area contributed by atoms with E-state index in [0.29, 0.717) is 0 Å². The molecule has 3 heteroatoms. The highest BCUT2D eigenvalue weighted by Gasteiger charge is 1.95. The van der Waals surface area contributed by atoms with E-state index in [9.17, 15) is 4.79 Å². The summed E-state index contributed by atoms with van der Waals surface area (Å²) < 4.78 is 0. The molecule has 0 bridgehead atoms. The third-order valence-corrected chi connectivity index (χ3v) is 1.58. The van der Waals surface area contributed by atoms with Crippen LogP contribution in [0.3, 0.4) is 0 Å². The average Bonchev–Trinajstić information content (AvgIpc) is 2.04. The van der Waals surface area contributed by atoms with Gasteiger partial charge in [0.2, 0.25) is 5.91 Å². The van der Waals surface area contributed by atoms with Gasteiger partial charge in [0.15, 0.2) is 0 Å². The van der Waals surface area contributed by atoms with Crippen molar-refractivity contribution in [3.05, 3.63) is 36.9 Å². The Morgan fingerprint density at radius 1 is 1.58 bits per heavy atom. The van der Waals surface area contributed by atoms with Crippen LogP contribution in [0, 0.1) is 0 Å². The lowest BCUT2D eigenvalue weighted by molar-refractivity contribution is -0.111. The van der Waals surface area contributed by atoms with Crippen LogP contribution in [0.25, 0.3) is 0 Å². The molecule has 0 aliphatic carbocycles. The fourth-order valence-corrected chi connectivity index (χ4v) is 1.00. The van der Waals surface area contributed by atoms with E-state index in [-0.39, 0.29) is 5.91 Å². The molecule has 0 unspecified atom stereocenters. The van der Waals surface area contributed by atoms with Gasteiger partial charge in [0.1, 0.15) is 0 Å². The highest BCUT2D eigenvalue weighted by Crippen LogP contribution is 2.12. The topological polar surface area (TPSA) is 29.1 Å². The van der Waals surface area contributed by atoms with Crippen LogP contribution < -0.4 is 5.32 Å². The van der Waals surface area contributed by atoms with Crippen molar-refractivity contribution in [3.8, 4) is 0 Å². The Hall–Kier alpha value is -1.22. The minimum atomic E-state index is -0.214. The first-order valence-corrected chi connectivity index (χ1v) is 3.89. The average molecular weight is 179 g/mol. The molecule has 0 fully saturated rings. The molecule has 0 spiro atoms. The largest absolute Gasteiger partial charge is 0.322 e. The minimum Gasteiger partial charge on any atom is -0.322 e. The van der Waals surface area contributed by atoms with Crippen LogP contribution in [0.5, 0.6) is 0 Å². The summed E-state index contributed by atoms with van der Waals surface area (Å²) in [7, 11) is 0. The number of amides is 1. The molecule has 0 radical (unpaired) electrons. The molecule has 1 N–H and O–H groups in total. The Kier molecular flexibility index (Phi) is 2.94. The van der Waals surface area contributed by atoms with E-state index in [1.807, 2.05) is 12.1 Å². The van der Waals surface area contributed by atoms with Crippen LogP contribution in [-0.4, -0.2) is 5.91 Å². The Bertz CT molecular complexity index is 309. The molecule has 2 nitrogen and oxygen atoms in total. The number of hydrogen-bond acceptors (Lipinski definition) is 2. The summed E-state index contributed by atoms with van der Waals surface area (Å²) in [6, 6.07) is 7.22. The monoisotopic (exact) mass is 179 g/mol. The number of thiol groups is 1. The number of benzene rings is 1. The zero-order valence-electron chi connectivity index (χ0n) is 6.45. The number of anilines is 1. The molecule has 1 aromatic carbocycles. The number of rotatable bonds is 2. The van der Waals surface area contributed by atoms with E-state index in [1.54, 1.807) is 12.1 Å². The molecule has 0 saturated carbocycles. The maximum atomic E-state index is 10.8. The minimum absolute atomic E-state index is 0.214. The van der Waals surface area contributed by atoms with Gasteiger partial charge in [0, 0.05) is 10.6 Å². The van der Waals surface area contributed by atoms with Gasteiger partial charge in [-0.2, -0.15) is 0 Å². The van der Waals surface area contributed by atoms with Gasteiger partial charge in [0.25, 0.3) is 0 Å². The van der Waals surface area contributed by atoms with Crippen LogP contribution in [0.4, 0.5) is 5.69 Å². The van der Waals surface area contributed by atoms with Crippen molar-refractivity contribution in [2.75, 3.05) is 5.32 Å². The molecule has 12 heavy (non-hydrogen) atoms. The normalized spacial score (nSPS) is 9.08. The number of carbonyl (C=O) groups excluding carboxylic acids is 1. The van der Waals surface area contributed by atoms with E-state index in [2.05, 4.69) is 24.5 Å². The summed E-state index contributed by atoms with van der Waals surface area (Å²) in [5, 5.41) is 2.63. The molecule has 0 saturated heterocycles. The van der Waals surface area contributed by atoms with E-state index < -0.39 is 0 Å². The van der Waals surface area contributed by atoms with Crippen molar-refractivity contribution in [3.63, 3.8) is 0 Å². The van der Waals surface area contributed by atoms with Crippen LogP contribution in [0.15, 0.2) is 41.8 Å². The molecule has 1 rings (SSSR count). The molecule has 1 aromatic rings. The summed E-state index contributed by atoms with van der Waals surface area (Å²) in [4.78, 5) is 11.7. The highest BCUT2D eigenvalue weighted by molar-refractivity contribution is 7.80. The van der Waals surface area contributed by atoms with Crippen molar-refractivity contribution in [2.24, 2.45) is 0 Å². The molecule has 0 atom stereocenters. The number of hydrogen-bond donors (Lipinski definition) is 2. The summed E-state index contributed by atoms with van der Waals surface area (Å²) >= 11 is 4.13. The molecule has 0 aliphatic rings. The van der Waals surface area contributed by atoms with E-state index in [4.69, 9.17) is 0 Å². The fourth-order valence-electron chi connectivity index (χ4n) is 0.777. The first-order valence-electron chi connectivity index (χ1n) is 3.45. The Morgan fingerprint density at radius 2 is 2.33 bits per heavy atom. The smallest absolute Gasteiger partial charge is 0.247 e. The van der Waals surface area contributed by atoms with Crippen molar-refractivity contribution in [1.29, 1.82) is 0 Å². The molecular weight excluding hydrogens is 170 g/mol. The quantitative estimate of drug-likeness (QED) is 0.528. The zero-order chi connectivity index (χ0) is 8.97. The van der Waals surface area contributed by atoms with E-state index in [0.717, 1.165) is 10.6 Å². The molecular formula is C9H9NOS. The lowest BCUT2D eigenvalue weighted by Gasteiger charge is -2.01. The summed E-state index contributed by atoms with van der Waals surface area (Å²) in [5.74, 6) is -0.214. The first kappa shape index (κ1) is 8.87. The third kappa shape index (κ3) is 2.43. The SMILES string of the molecule is C=CC(=O)Nc1cccc(S)c1. The second kappa shape index (κ2) is 3.97. The Morgan fingerprint density at radius 3 is 2.92 bits per heavy atom. The summed E-state index contributed by atoms with van der Waals surface area (Å²) in [6.45, 7) is 3.35. The summed E-state index contributed by atoms with van der Waals surface area (Å²) in [6.07, 6.45) is 1.23. The predicted molar refractivity (Wildman–Crippen MR) is 52.5 cm³/mol. The van der Waals surface area contributed by atoms with Gasteiger partial charge in [-0.05, 0) is 24.3 Å². The lowest BCUT2D eigenvalue weighted by atomic mass is 10.3. The standard InChI is InChI=1S/C9H9NOS/c1-2-9(11)10-7-4-3-5-8(12)6-7/h2-6,12H,1H2,(H,10,11). The van der Waals surface area contributed by atoms with Crippen molar-refractivity contribution >= 4 is 24.2 Å². The number of nitrogens with one attached hydrogen (secondary N) is 1. The van der Waals surface area contributed by atoms with Gasteiger partial charge in [-0.25, -0.2) is 0 Å². The molecule has 62 valence electrons. The van der Waals surface area contributed by atoms with Gasteiger partial charge in [-0.3, -0.25) is 4.79 Å². The molecule has 0 heterocycles. The van der Waals surface area contributed by atoms with Gasteiger partial charge in [-0.15, -0.1) is 12.6 Å². The first-order chi connectivity index (χ1) is 5.72. The third-order valence-electron chi connectivity index (χ3n) is 1.30. The van der Waals surface area contributed by atoms with Gasteiger partial charge < -0.3 is 5.32 Å². The lowest BCUT2D eigenvalue weighted by Crippen LogP contribution is -2.06. The van der Waals surface area contributed by atoms with E-state index in [1.165, 1.54) is 6.08 Å². The fraction of sp³-hybridized carbons (Fsp3) is 0. The number of carbonyl (C=O) groups is 1. The molecule has 0 aromatic heterocycles. The zero-order valence-corrected chi connectivity index (χ0v) is 7.34. The summed E-state index contributed by atoms with van der Waals surface area (Å²) in [5.41, 5.74) is 0.729. The van der Waals surface area contributed by atoms with Crippen molar-refractivity contribution < 1.29 is 4.79 Å². The second-order valence-corrected chi connectivity index (χ2v) is 2.76. The van der Waals surface area contributed by atoms with Gasteiger partial charge in [-0.1, -0.05) is 12.6 Å². The molecule has 0 aliphatic heterocycles. The maximum Gasteiger partial charge on any atom is 0.247 e. The predicted octanol–water partition coefficient (Wildman–Crippen LogP) is 2.10.